The molecule has 4 heteroatoms. The van der Waals surface area contributed by atoms with Crippen molar-refractivity contribution in [3.05, 3.63) is 22.2 Å². The molecule has 0 radical (unpaired) electrons. The molecule has 0 amide bonds. The average molecular weight is 275 g/mol. The Morgan fingerprint density at radius 3 is 2.67 bits per heavy atom. The van der Waals surface area contributed by atoms with Crippen molar-refractivity contribution < 1.29 is 14.9 Å². The minimum atomic E-state index is -0.554. The van der Waals surface area contributed by atoms with Crippen LogP contribution in [0.4, 0.5) is 0 Å². The Balaban J connectivity index is 3.06. The summed E-state index contributed by atoms with van der Waals surface area (Å²) >= 11 is 3.25. The molecular weight excluding hydrogens is 260 g/mol. The van der Waals surface area contributed by atoms with Gasteiger partial charge in [0.2, 0.25) is 0 Å². The van der Waals surface area contributed by atoms with E-state index in [1.54, 1.807) is 12.1 Å². The van der Waals surface area contributed by atoms with Gasteiger partial charge in [-0.15, -0.1) is 0 Å². The fraction of sp³-hybridized carbons (Fsp3) is 0.455. The summed E-state index contributed by atoms with van der Waals surface area (Å²) in [6.07, 6.45) is 1.01. The Hall–Kier alpha value is -0.740. The fourth-order valence-electron chi connectivity index (χ4n) is 1.41. The number of methoxy groups -OCH3 is 1. The summed E-state index contributed by atoms with van der Waals surface area (Å²) in [5.41, 5.74) is 0.690. The number of aliphatic hydroxyl groups excluding tert-OH is 1. The molecule has 0 spiro atoms. The van der Waals surface area contributed by atoms with E-state index < -0.39 is 6.10 Å². The van der Waals surface area contributed by atoms with Crippen molar-refractivity contribution in [2.75, 3.05) is 7.11 Å². The molecule has 0 aliphatic heterocycles. The van der Waals surface area contributed by atoms with Crippen LogP contribution in [0.15, 0.2) is 16.6 Å². The van der Waals surface area contributed by atoms with Crippen molar-refractivity contribution in [2.45, 2.75) is 25.9 Å². The average Bonchev–Trinajstić information content (AvgIpc) is 2.22. The number of hydrogen-bond acceptors (Lipinski definition) is 3. The smallest absolute Gasteiger partial charge is 0.172 e. The number of aliphatic hydroxyl groups is 1. The van der Waals surface area contributed by atoms with Gasteiger partial charge in [0, 0.05) is 0 Å². The van der Waals surface area contributed by atoms with Crippen LogP contribution < -0.4 is 4.74 Å². The predicted octanol–water partition coefficient (Wildman–Crippen LogP) is 3.00. The monoisotopic (exact) mass is 274 g/mol. The zero-order valence-electron chi connectivity index (χ0n) is 8.83. The van der Waals surface area contributed by atoms with Crippen molar-refractivity contribution in [2.24, 2.45) is 0 Å². The summed E-state index contributed by atoms with van der Waals surface area (Å²) in [6.45, 7) is 2.00. The first-order valence-corrected chi connectivity index (χ1v) is 5.64. The molecule has 0 aromatic heterocycles. The minimum Gasteiger partial charge on any atom is -0.503 e. The largest absolute Gasteiger partial charge is 0.503 e. The van der Waals surface area contributed by atoms with Gasteiger partial charge in [-0.2, -0.15) is 0 Å². The first-order valence-electron chi connectivity index (χ1n) is 4.85. The van der Waals surface area contributed by atoms with Gasteiger partial charge in [0.05, 0.1) is 17.7 Å². The first-order chi connectivity index (χ1) is 7.11. The number of benzene rings is 1. The highest BCUT2D eigenvalue weighted by atomic mass is 79.9. The van der Waals surface area contributed by atoms with E-state index in [1.807, 2.05) is 6.92 Å². The maximum atomic E-state index is 9.81. The second-order valence-corrected chi connectivity index (χ2v) is 4.12. The van der Waals surface area contributed by atoms with Crippen molar-refractivity contribution in [1.82, 2.24) is 0 Å². The molecule has 1 atom stereocenters. The number of rotatable bonds is 4. The Kier molecular flexibility index (Phi) is 4.42. The van der Waals surface area contributed by atoms with Crippen LogP contribution in [0.25, 0.3) is 0 Å². The van der Waals surface area contributed by atoms with E-state index >= 15 is 0 Å². The van der Waals surface area contributed by atoms with E-state index in [0.29, 0.717) is 22.2 Å². The lowest BCUT2D eigenvalue weighted by molar-refractivity contribution is 0.165. The van der Waals surface area contributed by atoms with E-state index in [2.05, 4.69) is 15.9 Å². The summed E-state index contributed by atoms with van der Waals surface area (Å²) in [5, 5.41) is 19.5. The van der Waals surface area contributed by atoms with Crippen molar-refractivity contribution in [3.8, 4) is 11.5 Å². The Morgan fingerprint density at radius 2 is 2.13 bits per heavy atom. The Labute approximate surface area is 97.8 Å². The molecule has 0 saturated carbocycles. The van der Waals surface area contributed by atoms with Gasteiger partial charge >= 0.3 is 0 Å². The number of hydrogen-bond donors (Lipinski definition) is 2. The number of phenolic OH excluding ortho intramolecular Hbond substituents is 1. The molecule has 1 rings (SSSR count). The van der Waals surface area contributed by atoms with Crippen LogP contribution in [0, 0.1) is 0 Å². The number of phenols is 1. The molecule has 0 fully saturated rings. The zero-order chi connectivity index (χ0) is 11.4. The van der Waals surface area contributed by atoms with Crippen molar-refractivity contribution in [3.63, 3.8) is 0 Å². The Bertz CT molecular complexity index is 339. The molecule has 0 bridgehead atoms. The molecule has 1 aromatic rings. The molecule has 15 heavy (non-hydrogen) atoms. The highest BCUT2D eigenvalue weighted by Gasteiger charge is 2.16. The molecule has 0 heterocycles. The SMILES string of the molecule is CCCC(O)c1ccc(OC)c(O)c1Br. The van der Waals surface area contributed by atoms with Crippen LogP contribution in [0.5, 0.6) is 11.5 Å². The molecule has 0 aliphatic carbocycles. The van der Waals surface area contributed by atoms with Crippen LogP contribution in [0.1, 0.15) is 31.4 Å². The highest BCUT2D eigenvalue weighted by Crippen LogP contribution is 2.39. The van der Waals surface area contributed by atoms with Gasteiger partial charge in [0.25, 0.3) is 0 Å². The predicted molar refractivity (Wildman–Crippen MR) is 62.2 cm³/mol. The molecular formula is C11H15BrO3. The zero-order valence-corrected chi connectivity index (χ0v) is 10.4. The van der Waals surface area contributed by atoms with Gasteiger partial charge in [-0.25, -0.2) is 0 Å². The normalized spacial score (nSPS) is 12.5. The lowest BCUT2D eigenvalue weighted by Gasteiger charge is -2.14. The molecule has 1 unspecified atom stereocenters. The minimum absolute atomic E-state index is 0.0325. The van der Waals surface area contributed by atoms with E-state index in [9.17, 15) is 10.2 Å². The number of ether oxygens (including phenoxy) is 1. The molecule has 0 aliphatic rings. The van der Waals surface area contributed by atoms with Gasteiger partial charge in [0.15, 0.2) is 11.5 Å². The highest BCUT2D eigenvalue weighted by molar-refractivity contribution is 9.10. The third kappa shape index (κ3) is 2.63. The number of aromatic hydroxyl groups is 1. The van der Waals surface area contributed by atoms with Crippen molar-refractivity contribution in [1.29, 1.82) is 0 Å². The molecule has 1 aromatic carbocycles. The van der Waals surface area contributed by atoms with E-state index in [0.717, 1.165) is 6.42 Å². The van der Waals surface area contributed by atoms with Gasteiger partial charge in [-0.05, 0) is 34.0 Å². The summed E-state index contributed by atoms with van der Waals surface area (Å²) in [7, 11) is 1.49. The van der Waals surface area contributed by atoms with Gasteiger partial charge < -0.3 is 14.9 Å². The first kappa shape index (κ1) is 12.3. The topological polar surface area (TPSA) is 49.7 Å². The van der Waals surface area contributed by atoms with Crippen LogP contribution in [0.2, 0.25) is 0 Å². The fourth-order valence-corrected chi connectivity index (χ4v) is 2.01. The molecule has 2 N–H and O–H groups in total. The van der Waals surface area contributed by atoms with Crippen LogP contribution in [0.3, 0.4) is 0 Å². The van der Waals surface area contributed by atoms with Crippen LogP contribution >= 0.6 is 15.9 Å². The summed E-state index contributed by atoms with van der Waals surface area (Å²) in [6, 6.07) is 3.40. The van der Waals surface area contributed by atoms with Crippen LogP contribution in [-0.2, 0) is 0 Å². The van der Waals surface area contributed by atoms with Crippen molar-refractivity contribution >= 4 is 15.9 Å². The Morgan fingerprint density at radius 1 is 1.47 bits per heavy atom. The quantitative estimate of drug-likeness (QED) is 0.888. The molecule has 84 valence electrons. The van der Waals surface area contributed by atoms with Crippen LogP contribution in [-0.4, -0.2) is 17.3 Å². The van der Waals surface area contributed by atoms with E-state index in [1.165, 1.54) is 7.11 Å². The molecule has 3 nitrogen and oxygen atoms in total. The number of halogens is 1. The second kappa shape index (κ2) is 5.37. The third-order valence-electron chi connectivity index (χ3n) is 2.25. The standard InChI is InChI=1S/C11H15BrO3/c1-3-4-8(13)7-5-6-9(15-2)11(14)10(7)12/h5-6,8,13-14H,3-4H2,1-2H3. The molecule has 0 saturated heterocycles. The summed E-state index contributed by atoms with van der Waals surface area (Å²) in [4.78, 5) is 0. The van der Waals surface area contributed by atoms with Gasteiger partial charge in [-0.1, -0.05) is 19.4 Å². The maximum absolute atomic E-state index is 9.81. The van der Waals surface area contributed by atoms with Gasteiger partial charge in [-0.3, -0.25) is 0 Å². The van der Waals surface area contributed by atoms with E-state index in [4.69, 9.17) is 4.74 Å². The lowest BCUT2D eigenvalue weighted by Crippen LogP contribution is -1.98. The third-order valence-corrected chi connectivity index (χ3v) is 3.08. The lowest BCUT2D eigenvalue weighted by atomic mass is 10.0. The summed E-state index contributed by atoms with van der Waals surface area (Å²) < 4.78 is 5.46. The van der Waals surface area contributed by atoms with Gasteiger partial charge in [0.1, 0.15) is 0 Å². The second-order valence-electron chi connectivity index (χ2n) is 3.32. The summed E-state index contributed by atoms with van der Waals surface area (Å²) in [5.74, 6) is 0.430. The maximum Gasteiger partial charge on any atom is 0.172 e. The van der Waals surface area contributed by atoms with E-state index in [-0.39, 0.29) is 5.75 Å².